The van der Waals surface area contributed by atoms with Crippen LogP contribution in [0.1, 0.15) is 18.6 Å². The number of fused-ring (bicyclic) bond motifs is 1. The van der Waals surface area contributed by atoms with Crippen LogP contribution in [0.15, 0.2) is 24.5 Å². The topological polar surface area (TPSA) is 72.3 Å². The van der Waals surface area contributed by atoms with Crippen LogP contribution in [-0.2, 0) is 9.53 Å². The lowest BCUT2D eigenvalue weighted by Crippen LogP contribution is -2.00. The molecule has 1 aromatic heterocycles. The van der Waals surface area contributed by atoms with Crippen molar-refractivity contribution in [3.05, 3.63) is 30.1 Å². The zero-order chi connectivity index (χ0) is 11.5. The minimum atomic E-state index is -0.407. The van der Waals surface area contributed by atoms with Crippen molar-refractivity contribution >= 4 is 17.4 Å². The van der Waals surface area contributed by atoms with Gasteiger partial charge in [0.2, 0.25) is 5.88 Å². The molecule has 0 aliphatic heterocycles. The number of carbonyl (C=O) groups is 1. The fourth-order valence-corrected chi connectivity index (χ4v) is 1.58. The largest absolute Gasteiger partial charge is 0.493 e. The highest BCUT2D eigenvalue weighted by Gasteiger charge is 2.12. The average Bonchev–Trinajstić information content (AvgIpc) is 2.29. The predicted molar refractivity (Wildman–Crippen MR) is 56.8 cm³/mol. The van der Waals surface area contributed by atoms with Gasteiger partial charge in [-0.15, -0.1) is 0 Å². The molecule has 1 unspecified atom stereocenters. The summed E-state index contributed by atoms with van der Waals surface area (Å²) < 4.78 is 4.85. The van der Waals surface area contributed by atoms with E-state index < -0.39 is 6.10 Å². The van der Waals surface area contributed by atoms with E-state index in [1.54, 1.807) is 25.1 Å². The fourth-order valence-electron chi connectivity index (χ4n) is 1.58. The van der Waals surface area contributed by atoms with Gasteiger partial charge in [-0.3, -0.25) is 4.79 Å². The third-order valence-electron chi connectivity index (χ3n) is 2.37. The molecule has 82 valence electrons. The summed E-state index contributed by atoms with van der Waals surface area (Å²) in [5.41, 5.74) is 1.33. The minimum absolute atomic E-state index is 0.0786. The number of aromatic hydroxyl groups is 1. The first-order valence-electron chi connectivity index (χ1n) is 4.75. The highest BCUT2D eigenvalue weighted by molar-refractivity contribution is 5.85. The molecule has 1 aromatic carbocycles. The summed E-state index contributed by atoms with van der Waals surface area (Å²) in [6, 6.07) is 5.26. The fraction of sp³-hybridized carbons (Fsp3) is 0.182. The van der Waals surface area contributed by atoms with Gasteiger partial charge in [0.05, 0.1) is 10.9 Å². The number of para-hydroxylation sites is 1. The van der Waals surface area contributed by atoms with Crippen molar-refractivity contribution in [1.29, 1.82) is 0 Å². The van der Waals surface area contributed by atoms with E-state index in [2.05, 4.69) is 9.97 Å². The molecule has 0 saturated carbocycles. The number of ether oxygens (including phenoxy) is 1. The van der Waals surface area contributed by atoms with Gasteiger partial charge in [0.25, 0.3) is 6.47 Å². The average molecular weight is 218 g/mol. The van der Waals surface area contributed by atoms with Gasteiger partial charge >= 0.3 is 0 Å². The number of carbonyl (C=O) groups excluding carboxylic acids is 1. The molecule has 0 saturated heterocycles. The van der Waals surface area contributed by atoms with Crippen LogP contribution < -0.4 is 0 Å². The Kier molecular flexibility index (Phi) is 2.68. The van der Waals surface area contributed by atoms with Gasteiger partial charge in [0, 0.05) is 5.56 Å². The lowest BCUT2D eigenvalue weighted by atomic mass is 10.1. The van der Waals surface area contributed by atoms with Crippen molar-refractivity contribution in [3.63, 3.8) is 0 Å². The Morgan fingerprint density at radius 1 is 1.44 bits per heavy atom. The Morgan fingerprint density at radius 3 is 3.00 bits per heavy atom. The maximum absolute atomic E-state index is 10.3. The van der Waals surface area contributed by atoms with E-state index in [9.17, 15) is 9.90 Å². The quantitative estimate of drug-likeness (QED) is 0.791. The maximum atomic E-state index is 10.3. The first-order chi connectivity index (χ1) is 7.74. The molecule has 0 radical (unpaired) electrons. The third-order valence-corrected chi connectivity index (χ3v) is 2.37. The smallest absolute Gasteiger partial charge is 0.293 e. The van der Waals surface area contributed by atoms with Crippen LogP contribution in [0.3, 0.4) is 0 Å². The van der Waals surface area contributed by atoms with E-state index in [0.717, 1.165) is 5.56 Å². The number of nitrogens with zero attached hydrogens (tertiary/aromatic N) is 2. The van der Waals surface area contributed by atoms with Crippen molar-refractivity contribution in [3.8, 4) is 5.88 Å². The Morgan fingerprint density at radius 2 is 2.25 bits per heavy atom. The molecule has 0 amide bonds. The van der Waals surface area contributed by atoms with E-state index in [0.29, 0.717) is 17.4 Å². The van der Waals surface area contributed by atoms with Crippen LogP contribution in [0.2, 0.25) is 0 Å². The lowest BCUT2D eigenvalue weighted by Gasteiger charge is -2.11. The van der Waals surface area contributed by atoms with E-state index >= 15 is 0 Å². The molecule has 5 heteroatoms. The third kappa shape index (κ3) is 1.67. The second-order valence-corrected chi connectivity index (χ2v) is 3.32. The van der Waals surface area contributed by atoms with Crippen LogP contribution in [-0.4, -0.2) is 21.5 Å². The Hall–Kier alpha value is -2.17. The van der Waals surface area contributed by atoms with Crippen molar-refractivity contribution in [2.45, 2.75) is 13.0 Å². The summed E-state index contributed by atoms with van der Waals surface area (Å²) in [4.78, 5) is 18.1. The molecule has 5 nitrogen and oxygen atoms in total. The first-order valence-corrected chi connectivity index (χ1v) is 4.75. The van der Waals surface area contributed by atoms with Gasteiger partial charge in [-0.05, 0) is 13.0 Å². The van der Waals surface area contributed by atoms with E-state index in [1.165, 1.54) is 6.33 Å². The summed E-state index contributed by atoms with van der Waals surface area (Å²) in [5, 5.41) is 10.1. The van der Waals surface area contributed by atoms with Gasteiger partial charge in [-0.25, -0.2) is 9.97 Å². The maximum Gasteiger partial charge on any atom is 0.293 e. The number of hydrogen-bond donors (Lipinski definition) is 1. The lowest BCUT2D eigenvalue weighted by molar-refractivity contribution is -0.133. The molecule has 0 fully saturated rings. The molecule has 0 bridgehead atoms. The highest BCUT2D eigenvalue weighted by atomic mass is 16.5. The van der Waals surface area contributed by atoms with Crippen LogP contribution in [0.5, 0.6) is 5.88 Å². The van der Waals surface area contributed by atoms with Gasteiger partial charge < -0.3 is 9.84 Å². The molecular weight excluding hydrogens is 208 g/mol. The summed E-state index contributed by atoms with van der Waals surface area (Å²) in [6.45, 7) is 2.13. The first kappa shape index (κ1) is 10.4. The van der Waals surface area contributed by atoms with Crippen LogP contribution in [0.4, 0.5) is 0 Å². The molecule has 16 heavy (non-hydrogen) atoms. The number of rotatable bonds is 3. The van der Waals surface area contributed by atoms with E-state index in [-0.39, 0.29) is 5.88 Å². The van der Waals surface area contributed by atoms with Gasteiger partial charge in [-0.1, -0.05) is 12.1 Å². The Bertz CT molecular complexity index is 528. The number of benzene rings is 1. The molecule has 2 aromatic rings. The van der Waals surface area contributed by atoms with Gasteiger partial charge in [0.1, 0.15) is 12.4 Å². The van der Waals surface area contributed by atoms with Crippen molar-refractivity contribution in [1.82, 2.24) is 9.97 Å². The molecule has 0 spiro atoms. The summed E-state index contributed by atoms with van der Waals surface area (Å²) >= 11 is 0. The molecule has 1 atom stereocenters. The van der Waals surface area contributed by atoms with E-state index in [4.69, 9.17) is 4.74 Å². The number of hydrogen-bond acceptors (Lipinski definition) is 5. The summed E-state index contributed by atoms with van der Waals surface area (Å²) in [5.74, 6) is -0.0786. The molecular formula is C11H10N2O3. The van der Waals surface area contributed by atoms with Gasteiger partial charge in [-0.2, -0.15) is 0 Å². The van der Waals surface area contributed by atoms with E-state index in [1.807, 2.05) is 0 Å². The van der Waals surface area contributed by atoms with Gasteiger partial charge in [0.15, 0.2) is 0 Å². The monoisotopic (exact) mass is 218 g/mol. The van der Waals surface area contributed by atoms with Crippen LogP contribution in [0, 0.1) is 0 Å². The molecule has 0 aliphatic rings. The molecule has 0 aliphatic carbocycles. The molecule has 1 heterocycles. The zero-order valence-corrected chi connectivity index (χ0v) is 8.62. The molecule has 1 N–H and O–H groups in total. The summed E-state index contributed by atoms with van der Waals surface area (Å²) in [6.07, 6.45) is 0.866. The summed E-state index contributed by atoms with van der Waals surface area (Å²) in [7, 11) is 0. The second kappa shape index (κ2) is 4.14. The minimum Gasteiger partial charge on any atom is -0.493 e. The van der Waals surface area contributed by atoms with Crippen LogP contribution >= 0.6 is 0 Å². The van der Waals surface area contributed by atoms with Crippen molar-refractivity contribution in [2.24, 2.45) is 0 Å². The number of aromatic nitrogens is 2. The standard InChI is InChI=1S/C11H10N2O3/c1-7(16-6-14)8-3-2-4-9-10(8)12-5-13-11(9)15/h2-7H,1H3,(H,12,13,15). The van der Waals surface area contributed by atoms with Crippen molar-refractivity contribution in [2.75, 3.05) is 0 Å². The zero-order valence-electron chi connectivity index (χ0n) is 8.62. The SMILES string of the molecule is CC(OC=O)c1cccc2c(O)ncnc12. The highest BCUT2D eigenvalue weighted by Crippen LogP contribution is 2.27. The Balaban J connectivity index is 2.62. The molecule has 2 rings (SSSR count). The Labute approximate surface area is 91.7 Å². The normalized spacial score (nSPS) is 12.3. The predicted octanol–water partition coefficient (Wildman–Crippen LogP) is 1.57. The second-order valence-electron chi connectivity index (χ2n) is 3.32. The van der Waals surface area contributed by atoms with Crippen molar-refractivity contribution < 1.29 is 14.6 Å². The van der Waals surface area contributed by atoms with Crippen LogP contribution in [0.25, 0.3) is 10.9 Å².